The van der Waals surface area contributed by atoms with Crippen molar-refractivity contribution in [1.82, 2.24) is 10.3 Å². The predicted octanol–water partition coefficient (Wildman–Crippen LogP) is 4.08. The second kappa shape index (κ2) is 9.36. The van der Waals surface area contributed by atoms with Gasteiger partial charge in [0.05, 0.1) is 16.8 Å². The molecule has 0 aliphatic carbocycles. The summed E-state index contributed by atoms with van der Waals surface area (Å²) in [7, 11) is 0. The third kappa shape index (κ3) is 5.30. The van der Waals surface area contributed by atoms with Crippen LogP contribution >= 0.6 is 23.7 Å². The number of nitrogens with one attached hydrogen (secondary N) is 2. The number of hydrogen-bond donors (Lipinski definition) is 2. The number of carbonyl (C=O) groups is 1. The molecule has 1 amide bonds. The van der Waals surface area contributed by atoms with Crippen molar-refractivity contribution in [3.63, 3.8) is 0 Å². The molecule has 1 aliphatic heterocycles. The van der Waals surface area contributed by atoms with Crippen molar-refractivity contribution in [2.24, 2.45) is 11.8 Å². The first-order valence-electron chi connectivity index (χ1n) is 8.69. The zero-order valence-electron chi connectivity index (χ0n) is 14.7. The molecule has 1 saturated heterocycles. The van der Waals surface area contributed by atoms with Crippen molar-refractivity contribution >= 4 is 45.0 Å². The second-order valence-electron chi connectivity index (χ2n) is 6.42. The van der Waals surface area contributed by atoms with Crippen LogP contribution in [0.15, 0.2) is 18.2 Å². The number of amides is 1. The molecule has 5 nitrogen and oxygen atoms in total. The van der Waals surface area contributed by atoms with Crippen molar-refractivity contribution in [3.8, 4) is 5.75 Å². The summed E-state index contributed by atoms with van der Waals surface area (Å²) in [5.74, 6) is 1.87. The average Bonchev–Trinajstić information content (AvgIpc) is 2.97. The molecule has 2 unspecified atom stereocenters. The summed E-state index contributed by atoms with van der Waals surface area (Å²) in [5, 5.41) is 7.04. The Morgan fingerprint density at radius 3 is 3.08 bits per heavy atom. The summed E-state index contributed by atoms with van der Waals surface area (Å²) in [4.78, 5) is 16.8. The number of hydrogen-bond acceptors (Lipinski definition) is 5. The highest BCUT2D eigenvalue weighted by Crippen LogP contribution is 2.30. The second-order valence-corrected chi connectivity index (χ2v) is 7.45. The van der Waals surface area contributed by atoms with E-state index < -0.39 is 0 Å². The van der Waals surface area contributed by atoms with Gasteiger partial charge in [0.1, 0.15) is 5.75 Å². The van der Waals surface area contributed by atoms with E-state index in [0.29, 0.717) is 30.0 Å². The molecule has 0 spiro atoms. The summed E-state index contributed by atoms with van der Waals surface area (Å²) in [6, 6.07) is 5.82. The summed E-state index contributed by atoms with van der Waals surface area (Å²) in [6.07, 6.45) is 2.96. The lowest BCUT2D eigenvalue weighted by Gasteiger charge is -2.27. The van der Waals surface area contributed by atoms with Gasteiger partial charge in [0, 0.05) is 6.42 Å². The molecule has 2 heterocycles. The highest BCUT2D eigenvalue weighted by Gasteiger charge is 2.22. The number of benzene rings is 1. The van der Waals surface area contributed by atoms with Crippen molar-refractivity contribution in [3.05, 3.63) is 18.2 Å². The smallest absolute Gasteiger partial charge is 0.226 e. The molecular formula is C18H26ClN3O2S. The zero-order valence-corrected chi connectivity index (χ0v) is 16.3. The first kappa shape index (κ1) is 19.9. The highest BCUT2D eigenvalue weighted by atomic mass is 35.5. The van der Waals surface area contributed by atoms with Gasteiger partial charge in [-0.15, -0.1) is 12.4 Å². The molecule has 25 heavy (non-hydrogen) atoms. The molecule has 138 valence electrons. The molecule has 1 fully saturated rings. The molecule has 2 aromatic rings. The standard InChI is InChI=1S/C18H25N3O2S.ClH/c1-3-23-14-6-7-15-16(10-14)24-18(20-15)21-17(22)9-12(2)13-5-4-8-19-11-13;/h6-7,10,12-13,19H,3-5,8-9,11H2,1-2H3,(H,20,21,22);1H. The average molecular weight is 384 g/mol. The fourth-order valence-corrected chi connectivity index (χ4v) is 4.12. The van der Waals surface area contributed by atoms with Crippen LogP contribution in [0.4, 0.5) is 5.13 Å². The Hall–Kier alpha value is -1.37. The number of rotatable bonds is 6. The molecule has 0 bridgehead atoms. The summed E-state index contributed by atoms with van der Waals surface area (Å²) < 4.78 is 6.54. The van der Waals surface area contributed by atoms with E-state index in [1.54, 1.807) is 0 Å². The Morgan fingerprint density at radius 2 is 2.36 bits per heavy atom. The normalized spacial score (nSPS) is 18.4. The van der Waals surface area contributed by atoms with E-state index >= 15 is 0 Å². The quantitative estimate of drug-likeness (QED) is 0.788. The lowest BCUT2D eigenvalue weighted by molar-refractivity contribution is -0.117. The van der Waals surface area contributed by atoms with Gasteiger partial charge in [-0.2, -0.15) is 0 Å². The number of anilines is 1. The van der Waals surface area contributed by atoms with Gasteiger partial charge < -0.3 is 15.4 Å². The van der Waals surface area contributed by atoms with Crippen LogP contribution in [0.5, 0.6) is 5.75 Å². The van der Waals surface area contributed by atoms with Gasteiger partial charge in [-0.05, 0) is 62.9 Å². The molecule has 0 radical (unpaired) electrons. The minimum atomic E-state index is 0. The van der Waals surface area contributed by atoms with Crippen LogP contribution in [-0.4, -0.2) is 30.6 Å². The van der Waals surface area contributed by atoms with Crippen molar-refractivity contribution < 1.29 is 9.53 Å². The van der Waals surface area contributed by atoms with E-state index in [1.807, 2.05) is 25.1 Å². The van der Waals surface area contributed by atoms with Crippen molar-refractivity contribution in [2.45, 2.75) is 33.1 Å². The van der Waals surface area contributed by atoms with Gasteiger partial charge >= 0.3 is 0 Å². The molecular weight excluding hydrogens is 358 g/mol. The van der Waals surface area contributed by atoms with E-state index in [1.165, 1.54) is 24.2 Å². The maximum atomic E-state index is 12.3. The van der Waals surface area contributed by atoms with Gasteiger partial charge in [-0.1, -0.05) is 18.3 Å². The van der Waals surface area contributed by atoms with E-state index in [0.717, 1.165) is 29.1 Å². The Labute approximate surface area is 159 Å². The third-order valence-electron chi connectivity index (χ3n) is 4.56. The highest BCUT2D eigenvalue weighted by molar-refractivity contribution is 7.22. The number of aromatic nitrogens is 1. The lowest BCUT2D eigenvalue weighted by atomic mass is 9.85. The van der Waals surface area contributed by atoms with Crippen molar-refractivity contribution in [2.75, 3.05) is 25.0 Å². The number of piperidine rings is 1. The number of halogens is 1. The number of thiazole rings is 1. The van der Waals surface area contributed by atoms with E-state index in [2.05, 4.69) is 22.5 Å². The van der Waals surface area contributed by atoms with Gasteiger partial charge in [-0.3, -0.25) is 4.79 Å². The third-order valence-corrected chi connectivity index (χ3v) is 5.50. The predicted molar refractivity (Wildman–Crippen MR) is 106 cm³/mol. The molecule has 1 aromatic heterocycles. The number of ether oxygens (including phenoxy) is 1. The first-order valence-corrected chi connectivity index (χ1v) is 9.51. The molecule has 1 aromatic carbocycles. The van der Waals surface area contributed by atoms with Crippen LogP contribution in [0.25, 0.3) is 10.2 Å². The molecule has 0 saturated carbocycles. The van der Waals surface area contributed by atoms with Gasteiger partial charge in [0.25, 0.3) is 0 Å². The van der Waals surface area contributed by atoms with Gasteiger partial charge in [0.2, 0.25) is 5.91 Å². The number of fused-ring (bicyclic) bond motifs is 1. The molecule has 1 aliphatic rings. The monoisotopic (exact) mass is 383 g/mol. The maximum absolute atomic E-state index is 12.3. The molecule has 3 rings (SSSR count). The Bertz CT molecular complexity index is 701. The van der Waals surface area contributed by atoms with Crippen LogP contribution in [0, 0.1) is 11.8 Å². The largest absolute Gasteiger partial charge is 0.494 e. The van der Waals surface area contributed by atoms with E-state index in [-0.39, 0.29) is 18.3 Å². The SMILES string of the molecule is CCOc1ccc2nc(NC(=O)CC(C)C3CCCNC3)sc2c1.Cl. The van der Waals surface area contributed by atoms with Crippen LogP contribution in [0.1, 0.15) is 33.1 Å². The maximum Gasteiger partial charge on any atom is 0.226 e. The minimum absolute atomic E-state index is 0. The summed E-state index contributed by atoms with van der Waals surface area (Å²) in [5.41, 5.74) is 0.892. The van der Waals surface area contributed by atoms with Gasteiger partial charge in [0.15, 0.2) is 5.13 Å². The molecule has 7 heteroatoms. The number of nitrogens with zero attached hydrogens (tertiary/aromatic N) is 1. The molecule has 2 atom stereocenters. The summed E-state index contributed by atoms with van der Waals surface area (Å²) >= 11 is 1.49. The van der Waals surface area contributed by atoms with E-state index in [9.17, 15) is 4.79 Å². The Kier molecular flexibility index (Phi) is 7.47. The fourth-order valence-electron chi connectivity index (χ4n) is 3.21. The number of carbonyl (C=O) groups excluding carboxylic acids is 1. The minimum Gasteiger partial charge on any atom is -0.494 e. The zero-order chi connectivity index (χ0) is 16.9. The van der Waals surface area contributed by atoms with Crippen LogP contribution in [-0.2, 0) is 4.79 Å². The first-order chi connectivity index (χ1) is 11.7. The topological polar surface area (TPSA) is 63.2 Å². The summed E-state index contributed by atoms with van der Waals surface area (Å²) in [6.45, 7) is 6.90. The van der Waals surface area contributed by atoms with Gasteiger partial charge in [-0.25, -0.2) is 4.98 Å². The van der Waals surface area contributed by atoms with Crippen LogP contribution < -0.4 is 15.4 Å². The Balaban J connectivity index is 0.00000225. The van der Waals surface area contributed by atoms with Crippen LogP contribution in [0.3, 0.4) is 0 Å². The van der Waals surface area contributed by atoms with Crippen LogP contribution in [0.2, 0.25) is 0 Å². The van der Waals surface area contributed by atoms with Crippen molar-refractivity contribution in [1.29, 1.82) is 0 Å². The Morgan fingerprint density at radius 1 is 1.52 bits per heavy atom. The fraction of sp³-hybridized carbons (Fsp3) is 0.556. The lowest BCUT2D eigenvalue weighted by Crippen LogP contribution is -2.34. The molecule has 2 N–H and O–H groups in total. The van der Waals surface area contributed by atoms with E-state index in [4.69, 9.17) is 4.74 Å².